The smallest absolute Gasteiger partial charge is 0.153 e. The lowest BCUT2D eigenvalue weighted by Gasteiger charge is -2.03. The van der Waals surface area contributed by atoms with Gasteiger partial charge in [0.1, 0.15) is 11.5 Å². The maximum atomic E-state index is 13.2. The fraction of sp³-hybridized carbons (Fsp3) is 0. The van der Waals surface area contributed by atoms with Gasteiger partial charge in [-0.3, -0.25) is 0 Å². The van der Waals surface area contributed by atoms with Gasteiger partial charge in [-0.15, -0.1) is 4.80 Å². The summed E-state index contributed by atoms with van der Waals surface area (Å²) in [6.45, 7) is 0. The summed E-state index contributed by atoms with van der Waals surface area (Å²) in [6, 6.07) is 1.85. The molecule has 0 aliphatic rings. The normalized spacial score (nSPS) is 10.4. The molecule has 0 amide bonds. The Morgan fingerprint density at radius 3 is 2.36 bits per heavy atom. The quantitative estimate of drug-likeness (QED) is 0.695. The Labute approximate surface area is 78.0 Å². The van der Waals surface area contributed by atoms with E-state index in [0.717, 1.165) is 10.9 Å². The molecule has 14 heavy (non-hydrogen) atoms. The number of benzene rings is 1. The minimum absolute atomic E-state index is 0.0221. The topological polar surface area (TPSA) is 56.7 Å². The van der Waals surface area contributed by atoms with Crippen LogP contribution in [0.15, 0.2) is 24.5 Å². The number of aromatic nitrogens is 3. The Morgan fingerprint density at radius 2 is 1.71 bits per heavy atom. The van der Waals surface area contributed by atoms with E-state index in [2.05, 4.69) is 10.2 Å². The Balaban J connectivity index is 2.60. The molecule has 0 atom stereocenters. The van der Waals surface area contributed by atoms with E-state index in [9.17, 15) is 8.78 Å². The molecule has 1 heterocycles. The van der Waals surface area contributed by atoms with Gasteiger partial charge in [0.05, 0.1) is 18.1 Å². The van der Waals surface area contributed by atoms with Crippen molar-refractivity contribution in [3.8, 4) is 5.69 Å². The number of nitrogens with zero attached hydrogens (tertiary/aromatic N) is 3. The largest absolute Gasteiger partial charge is 0.396 e. The zero-order valence-electron chi connectivity index (χ0n) is 6.98. The van der Waals surface area contributed by atoms with Gasteiger partial charge in [-0.25, -0.2) is 8.78 Å². The average Bonchev–Trinajstić information content (AvgIpc) is 2.64. The van der Waals surface area contributed by atoms with Crippen molar-refractivity contribution < 1.29 is 8.78 Å². The van der Waals surface area contributed by atoms with Gasteiger partial charge in [0.15, 0.2) is 5.82 Å². The summed E-state index contributed by atoms with van der Waals surface area (Å²) in [6.07, 6.45) is 2.78. The zero-order chi connectivity index (χ0) is 10.1. The average molecular weight is 196 g/mol. The first kappa shape index (κ1) is 8.61. The molecule has 0 fully saturated rings. The predicted molar refractivity (Wildman–Crippen MR) is 45.7 cm³/mol. The third-order valence-corrected chi connectivity index (χ3v) is 1.70. The predicted octanol–water partition coefficient (Wildman–Crippen LogP) is 1.13. The Kier molecular flexibility index (Phi) is 1.88. The molecule has 0 spiro atoms. The van der Waals surface area contributed by atoms with Crippen molar-refractivity contribution in [1.82, 2.24) is 15.0 Å². The molecule has 2 aromatic rings. The molecule has 0 saturated heterocycles. The van der Waals surface area contributed by atoms with E-state index in [1.807, 2.05) is 0 Å². The molecular weight excluding hydrogens is 190 g/mol. The summed E-state index contributed by atoms with van der Waals surface area (Å²) in [5, 5.41) is 7.41. The number of hydrogen-bond acceptors (Lipinski definition) is 3. The van der Waals surface area contributed by atoms with E-state index in [1.165, 1.54) is 12.4 Å². The van der Waals surface area contributed by atoms with Crippen LogP contribution in [0.5, 0.6) is 0 Å². The molecule has 0 unspecified atom stereocenters. The number of rotatable bonds is 1. The van der Waals surface area contributed by atoms with Gasteiger partial charge >= 0.3 is 0 Å². The second kappa shape index (κ2) is 3.06. The van der Waals surface area contributed by atoms with Crippen LogP contribution >= 0.6 is 0 Å². The standard InChI is InChI=1S/C8H6F2N4/c9-5-3-6(10)8(4-7(5)11)14-12-1-2-13-14/h1-4H,11H2. The van der Waals surface area contributed by atoms with Crippen molar-refractivity contribution in [2.75, 3.05) is 5.73 Å². The van der Waals surface area contributed by atoms with Gasteiger partial charge in [0.25, 0.3) is 0 Å². The molecule has 0 saturated carbocycles. The Bertz CT molecular complexity index is 453. The number of nitrogens with two attached hydrogens (primary N) is 1. The first-order valence-electron chi connectivity index (χ1n) is 3.79. The summed E-state index contributed by atoms with van der Waals surface area (Å²) < 4.78 is 26.0. The number of hydrogen-bond donors (Lipinski definition) is 1. The lowest BCUT2D eigenvalue weighted by atomic mass is 10.2. The third kappa shape index (κ3) is 1.30. The van der Waals surface area contributed by atoms with Crippen LogP contribution in [0.3, 0.4) is 0 Å². The van der Waals surface area contributed by atoms with Crippen LogP contribution in [-0.2, 0) is 0 Å². The first-order chi connectivity index (χ1) is 6.68. The van der Waals surface area contributed by atoms with Gasteiger partial charge < -0.3 is 5.73 Å². The molecule has 1 aromatic heterocycles. The highest BCUT2D eigenvalue weighted by Gasteiger charge is 2.10. The van der Waals surface area contributed by atoms with Gasteiger partial charge in [-0.05, 0) is 6.07 Å². The zero-order valence-corrected chi connectivity index (χ0v) is 6.98. The third-order valence-electron chi connectivity index (χ3n) is 1.70. The van der Waals surface area contributed by atoms with E-state index in [0.29, 0.717) is 6.07 Å². The fourth-order valence-electron chi connectivity index (χ4n) is 1.05. The van der Waals surface area contributed by atoms with E-state index in [1.54, 1.807) is 0 Å². The number of nitrogen functional groups attached to an aromatic ring is 1. The number of halogens is 2. The Morgan fingerprint density at radius 1 is 1.07 bits per heavy atom. The molecule has 2 N–H and O–H groups in total. The van der Waals surface area contributed by atoms with Crippen molar-refractivity contribution in [3.05, 3.63) is 36.2 Å². The SMILES string of the molecule is Nc1cc(-n2nccn2)c(F)cc1F. The van der Waals surface area contributed by atoms with Gasteiger partial charge in [-0.1, -0.05) is 0 Å². The van der Waals surface area contributed by atoms with Crippen LogP contribution in [0, 0.1) is 11.6 Å². The second-order valence-corrected chi connectivity index (χ2v) is 2.64. The molecule has 2 rings (SSSR count). The molecule has 0 aliphatic carbocycles. The molecule has 1 aromatic carbocycles. The van der Waals surface area contributed by atoms with Crippen molar-refractivity contribution in [2.24, 2.45) is 0 Å². The van der Waals surface area contributed by atoms with Crippen LogP contribution < -0.4 is 5.73 Å². The fourth-order valence-corrected chi connectivity index (χ4v) is 1.05. The minimum Gasteiger partial charge on any atom is -0.396 e. The molecule has 0 bridgehead atoms. The highest BCUT2D eigenvalue weighted by Crippen LogP contribution is 2.18. The summed E-state index contributed by atoms with van der Waals surface area (Å²) in [7, 11) is 0. The summed E-state index contributed by atoms with van der Waals surface area (Å²) in [5.41, 5.74) is 5.17. The van der Waals surface area contributed by atoms with Gasteiger partial charge in [0.2, 0.25) is 0 Å². The van der Waals surface area contributed by atoms with Crippen molar-refractivity contribution in [3.63, 3.8) is 0 Å². The highest BCUT2D eigenvalue weighted by atomic mass is 19.1. The maximum Gasteiger partial charge on any atom is 0.153 e. The molecule has 0 radical (unpaired) electrons. The van der Waals surface area contributed by atoms with E-state index in [4.69, 9.17) is 5.73 Å². The molecule has 4 nitrogen and oxygen atoms in total. The molecule has 72 valence electrons. The summed E-state index contributed by atoms with van der Waals surface area (Å²) in [4.78, 5) is 1.03. The summed E-state index contributed by atoms with van der Waals surface area (Å²) >= 11 is 0. The maximum absolute atomic E-state index is 13.2. The second-order valence-electron chi connectivity index (χ2n) is 2.64. The van der Waals surface area contributed by atoms with Crippen molar-refractivity contribution in [2.45, 2.75) is 0 Å². The molecule has 0 aliphatic heterocycles. The van der Waals surface area contributed by atoms with Crippen molar-refractivity contribution in [1.29, 1.82) is 0 Å². The Hall–Kier alpha value is -1.98. The van der Waals surface area contributed by atoms with Crippen LogP contribution in [0.2, 0.25) is 0 Å². The van der Waals surface area contributed by atoms with Crippen LogP contribution in [0.25, 0.3) is 5.69 Å². The molecular formula is C8H6F2N4. The summed E-state index contributed by atoms with van der Waals surface area (Å²) in [5.74, 6) is -1.55. The monoisotopic (exact) mass is 196 g/mol. The van der Waals surface area contributed by atoms with Gasteiger partial charge in [-0.2, -0.15) is 10.2 Å². The van der Waals surface area contributed by atoms with E-state index >= 15 is 0 Å². The number of anilines is 1. The first-order valence-corrected chi connectivity index (χ1v) is 3.79. The minimum atomic E-state index is -0.793. The van der Waals surface area contributed by atoms with Gasteiger partial charge in [0, 0.05) is 6.07 Å². The van der Waals surface area contributed by atoms with Crippen molar-refractivity contribution >= 4 is 5.69 Å². The van der Waals surface area contributed by atoms with Crippen LogP contribution in [0.1, 0.15) is 0 Å². The lowest BCUT2D eigenvalue weighted by Crippen LogP contribution is -2.04. The van der Waals surface area contributed by atoms with E-state index in [-0.39, 0.29) is 11.4 Å². The highest BCUT2D eigenvalue weighted by molar-refractivity contribution is 5.48. The molecule has 6 heteroatoms. The van der Waals surface area contributed by atoms with E-state index < -0.39 is 11.6 Å². The van der Waals surface area contributed by atoms with Crippen LogP contribution in [-0.4, -0.2) is 15.0 Å². The van der Waals surface area contributed by atoms with Crippen LogP contribution in [0.4, 0.5) is 14.5 Å². The lowest BCUT2D eigenvalue weighted by molar-refractivity contribution is 0.568.